The van der Waals surface area contributed by atoms with Crippen LogP contribution in [0.25, 0.3) is 0 Å². The summed E-state index contributed by atoms with van der Waals surface area (Å²) >= 11 is 0. The molecule has 1 saturated heterocycles. The lowest BCUT2D eigenvalue weighted by molar-refractivity contribution is -0.137. The van der Waals surface area contributed by atoms with Crippen LogP contribution in [0.4, 0.5) is 0 Å². The number of piperidine rings is 1. The van der Waals surface area contributed by atoms with Gasteiger partial charge in [-0.3, -0.25) is 4.79 Å². The van der Waals surface area contributed by atoms with Gasteiger partial charge < -0.3 is 15.4 Å². The SMILES string of the molecule is COC1CN(C(=O)CC2CCCCC2N)CCC1C.Cl. The second-order valence-corrected chi connectivity index (χ2v) is 6.29. The summed E-state index contributed by atoms with van der Waals surface area (Å²) in [6.07, 6.45) is 6.51. The number of nitrogens with zero attached hydrogens (tertiary/aromatic N) is 1. The van der Waals surface area contributed by atoms with Gasteiger partial charge in [0.15, 0.2) is 0 Å². The highest BCUT2D eigenvalue weighted by Gasteiger charge is 2.31. The van der Waals surface area contributed by atoms with Crippen molar-refractivity contribution in [3.05, 3.63) is 0 Å². The molecule has 20 heavy (non-hydrogen) atoms. The molecule has 0 spiro atoms. The summed E-state index contributed by atoms with van der Waals surface area (Å²) in [5.74, 6) is 1.21. The Morgan fingerprint density at radius 2 is 2.00 bits per heavy atom. The second-order valence-electron chi connectivity index (χ2n) is 6.29. The van der Waals surface area contributed by atoms with Crippen LogP contribution in [-0.4, -0.2) is 43.2 Å². The van der Waals surface area contributed by atoms with Crippen molar-refractivity contribution in [2.45, 2.75) is 57.6 Å². The summed E-state index contributed by atoms with van der Waals surface area (Å²) in [5.41, 5.74) is 6.14. The molecule has 0 bridgehead atoms. The van der Waals surface area contributed by atoms with Gasteiger partial charge in [0.05, 0.1) is 6.10 Å². The Kier molecular flexibility index (Phi) is 7.27. The Morgan fingerprint density at radius 1 is 1.30 bits per heavy atom. The first-order valence-electron chi connectivity index (χ1n) is 7.68. The molecule has 1 amide bonds. The van der Waals surface area contributed by atoms with Crippen molar-refractivity contribution in [1.82, 2.24) is 4.90 Å². The summed E-state index contributed by atoms with van der Waals surface area (Å²) in [4.78, 5) is 14.4. The van der Waals surface area contributed by atoms with E-state index in [9.17, 15) is 4.79 Å². The number of carbonyl (C=O) groups excluding carboxylic acids is 1. The van der Waals surface area contributed by atoms with E-state index in [0.29, 0.717) is 18.3 Å². The zero-order valence-corrected chi connectivity index (χ0v) is 13.5. The number of methoxy groups -OCH3 is 1. The topological polar surface area (TPSA) is 55.6 Å². The Hall–Kier alpha value is -0.320. The molecule has 118 valence electrons. The van der Waals surface area contributed by atoms with E-state index in [1.807, 2.05) is 4.90 Å². The van der Waals surface area contributed by atoms with Gasteiger partial charge in [0.1, 0.15) is 0 Å². The molecule has 5 heteroatoms. The molecule has 1 aliphatic heterocycles. The Morgan fingerprint density at radius 3 is 2.65 bits per heavy atom. The predicted molar refractivity (Wildman–Crippen MR) is 83.0 cm³/mol. The Bertz CT molecular complexity index is 314. The maximum absolute atomic E-state index is 12.4. The maximum atomic E-state index is 12.4. The van der Waals surface area contributed by atoms with Crippen LogP contribution in [0.5, 0.6) is 0 Å². The lowest BCUT2D eigenvalue weighted by atomic mass is 9.82. The molecule has 0 radical (unpaired) electrons. The van der Waals surface area contributed by atoms with Crippen LogP contribution in [0, 0.1) is 11.8 Å². The third-order valence-corrected chi connectivity index (χ3v) is 4.95. The normalized spacial score (nSPS) is 34.5. The molecular weight excluding hydrogens is 276 g/mol. The molecule has 1 heterocycles. The van der Waals surface area contributed by atoms with E-state index < -0.39 is 0 Å². The van der Waals surface area contributed by atoms with E-state index in [4.69, 9.17) is 10.5 Å². The summed E-state index contributed by atoms with van der Waals surface area (Å²) < 4.78 is 5.48. The van der Waals surface area contributed by atoms with Gasteiger partial charge in [-0.1, -0.05) is 19.8 Å². The molecule has 4 unspecified atom stereocenters. The van der Waals surface area contributed by atoms with Gasteiger partial charge in [0, 0.05) is 32.7 Å². The number of halogens is 1. The quantitative estimate of drug-likeness (QED) is 0.869. The zero-order valence-electron chi connectivity index (χ0n) is 12.7. The number of ether oxygens (including phenoxy) is 1. The van der Waals surface area contributed by atoms with Crippen LogP contribution in [-0.2, 0) is 9.53 Å². The van der Waals surface area contributed by atoms with Crippen molar-refractivity contribution in [3.63, 3.8) is 0 Å². The first kappa shape index (κ1) is 17.7. The van der Waals surface area contributed by atoms with Gasteiger partial charge in [0.2, 0.25) is 5.91 Å². The molecule has 2 fully saturated rings. The van der Waals surface area contributed by atoms with Crippen molar-refractivity contribution < 1.29 is 9.53 Å². The lowest BCUT2D eigenvalue weighted by Crippen LogP contribution is -2.48. The molecule has 0 aromatic carbocycles. The summed E-state index contributed by atoms with van der Waals surface area (Å²) in [5, 5.41) is 0. The number of rotatable bonds is 3. The third-order valence-electron chi connectivity index (χ3n) is 4.95. The lowest BCUT2D eigenvalue weighted by Gasteiger charge is -2.37. The molecular formula is C15H29ClN2O2. The maximum Gasteiger partial charge on any atom is 0.222 e. The monoisotopic (exact) mass is 304 g/mol. The van der Waals surface area contributed by atoms with Crippen molar-refractivity contribution in [2.24, 2.45) is 17.6 Å². The van der Waals surface area contributed by atoms with Crippen molar-refractivity contribution in [2.75, 3.05) is 20.2 Å². The van der Waals surface area contributed by atoms with Gasteiger partial charge in [-0.05, 0) is 31.1 Å². The fourth-order valence-electron chi connectivity index (χ4n) is 3.41. The smallest absolute Gasteiger partial charge is 0.222 e. The van der Waals surface area contributed by atoms with Crippen molar-refractivity contribution in [1.29, 1.82) is 0 Å². The average molecular weight is 305 g/mol. The van der Waals surface area contributed by atoms with Crippen LogP contribution >= 0.6 is 12.4 Å². The van der Waals surface area contributed by atoms with Gasteiger partial charge >= 0.3 is 0 Å². The van der Waals surface area contributed by atoms with Crippen LogP contribution in [0.2, 0.25) is 0 Å². The van der Waals surface area contributed by atoms with Crippen LogP contribution in [0.1, 0.15) is 45.4 Å². The van der Waals surface area contributed by atoms with Crippen molar-refractivity contribution in [3.8, 4) is 0 Å². The number of amides is 1. The number of hydrogen-bond donors (Lipinski definition) is 1. The molecule has 2 rings (SSSR count). The van der Waals surface area contributed by atoms with Crippen LogP contribution in [0.3, 0.4) is 0 Å². The molecule has 2 aliphatic rings. The Labute approximate surface area is 128 Å². The van der Waals surface area contributed by atoms with E-state index in [-0.39, 0.29) is 30.5 Å². The Balaban J connectivity index is 0.00000200. The van der Waals surface area contributed by atoms with E-state index in [2.05, 4.69) is 6.92 Å². The van der Waals surface area contributed by atoms with Gasteiger partial charge in [-0.15, -0.1) is 12.4 Å². The molecule has 1 aliphatic carbocycles. The third kappa shape index (κ3) is 4.34. The fourth-order valence-corrected chi connectivity index (χ4v) is 3.41. The zero-order chi connectivity index (χ0) is 13.8. The minimum Gasteiger partial charge on any atom is -0.379 e. The van der Waals surface area contributed by atoms with Crippen molar-refractivity contribution >= 4 is 18.3 Å². The van der Waals surface area contributed by atoms with E-state index in [1.54, 1.807) is 7.11 Å². The van der Waals surface area contributed by atoms with Gasteiger partial charge in [-0.25, -0.2) is 0 Å². The first-order chi connectivity index (χ1) is 9.11. The molecule has 4 atom stereocenters. The molecule has 4 nitrogen and oxygen atoms in total. The van der Waals surface area contributed by atoms with E-state index in [1.165, 1.54) is 12.8 Å². The van der Waals surface area contributed by atoms with Gasteiger partial charge in [0.25, 0.3) is 0 Å². The second kappa shape index (κ2) is 8.20. The number of carbonyl (C=O) groups is 1. The summed E-state index contributed by atoms with van der Waals surface area (Å²) in [6, 6.07) is 0.222. The summed E-state index contributed by atoms with van der Waals surface area (Å²) in [7, 11) is 1.74. The highest BCUT2D eigenvalue weighted by molar-refractivity contribution is 5.85. The predicted octanol–water partition coefficient (Wildman–Crippen LogP) is 2.20. The fraction of sp³-hybridized carbons (Fsp3) is 0.933. The molecule has 0 aromatic rings. The standard InChI is InChI=1S/C15H28N2O2.ClH/c1-11-7-8-17(10-14(11)19-2)15(18)9-12-5-3-4-6-13(12)16;/h11-14H,3-10,16H2,1-2H3;1H. The molecule has 2 N–H and O–H groups in total. The molecule has 1 saturated carbocycles. The average Bonchev–Trinajstić information content (AvgIpc) is 2.42. The van der Waals surface area contributed by atoms with E-state index in [0.717, 1.165) is 32.4 Å². The van der Waals surface area contributed by atoms with E-state index >= 15 is 0 Å². The summed E-state index contributed by atoms with van der Waals surface area (Å²) in [6.45, 7) is 3.83. The highest BCUT2D eigenvalue weighted by atomic mass is 35.5. The van der Waals surface area contributed by atoms with Crippen LogP contribution < -0.4 is 5.73 Å². The minimum atomic E-state index is 0. The van der Waals surface area contributed by atoms with Crippen LogP contribution in [0.15, 0.2) is 0 Å². The number of hydrogen-bond acceptors (Lipinski definition) is 3. The largest absolute Gasteiger partial charge is 0.379 e. The number of likely N-dealkylation sites (tertiary alicyclic amines) is 1. The molecule has 0 aromatic heterocycles. The first-order valence-corrected chi connectivity index (χ1v) is 7.68. The van der Waals surface area contributed by atoms with Gasteiger partial charge in [-0.2, -0.15) is 0 Å². The minimum absolute atomic E-state index is 0. The highest BCUT2D eigenvalue weighted by Crippen LogP contribution is 2.27. The number of nitrogens with two attached hydrogens (primary N) is 1.